The summed E-state index contributed by atoms with van der Waals surface area (Å²) in [5, 5.41) is 3.37. The molecule has 0 saturated carbocycles. The van der Waals surface area contributed by atoms with Gasteiger partial charge in [-0.15, -0.1) is 0 Å². The molecule has 6 rings (SSSR count). The number of benzene rings is 6. The van der Waals surface area contributed by atoms with Crippen molar-refractivity contribution in [1.82, 2.24) is 0 Å². The van der Waals surface area contributed by atoms with Gasteiger partial charge >= 0.3 is 0 Å². The topological polar surface area (TPSA) is 36.9 Å². The standard InChI is InChI=1S/C61H82O4P2/c1-19-21-37-61(18,63-51-35-27-31-43-29-23-25-33-45(43)51)67-65-55-49(59(14,15)16)39-47(57(8,9)10)41(4)53(55)52-40(3)46(56(5,6)7)38-48(58(11,12)13)54(52)64-66-60(17,36-20-2)62-50-34-26-30-42-28-22-24-32-44(42)50/h22-35,38-39,66-67H,19-21,36-37H2,1-18H3. The van der Waals surface area contributed by atoms with Crippen LogP contribution in [0.4, 0.5) is 0 Å². The zero-order valence-electron chi connectivity index (χ0n) is 44.4. The van der Waals surface area contributed by atoms with Crippen LogP contribution in [0.5, 0.6) is 23.0 Å². The Morgan fingerprint density at radius 1 is 0.418 bits per heavy atom. The lowest BCUT2D eigenvalue weighted by Gasteiger charge is -2.37. The molecule has 0 aliphatic rings. The maximum Gasteiger partial charge on any atom is 0.158 e. The summed E-state index contributed by atoms with van der Waals surface area (Å²) in [5.41, 5.74) is 8.87. The van der Waals surface area contributed by atoms with Crippen LogP contribution in [-0.4, -0.2) is 10.7 Å². The molecule has 0 heterocycles. The lowest BCUT2D eigenvalue weighted by atomic mass is 9.72. The van der Waals surface area contributed by atoms with Gasteiger partial charge in [-0.2, -0.15) is 0 Å². The number of hydrogen-bond donors (Lipinski definition) is 0. The summed E-state index contributed by atoms with van der Waals surface area (Å²) in [6.45, 7) is 41.6. The van der Waals surface area contributed by atoms with Crippen LogP contribution in [-0.2, 0) is 21.7 Å². The van der Waals surface area contributed by atoms with E-state index in [0.29, 0.717) is 0 Å². The van der Waals surface area contributed by atoms with E-state index >= 15 is 0 Å². The van der Waals surface area contributed by atoms with Gasteiger partial charge in [0.05, 0.1) is 0 Å². The SMILES string of the molecule is CCCCC(C)(Oc1cccc2ccccc12)POc1c(C(C)(C)C)cc(C(C)(C)C)c(C)c1-c1c(C)c(C(C)(C)C)cc(C(C)(C)C)c1OPC(C)(CCC)Oc1cccc2ccccc12. The van der Waals surface area contributed by atoms with Crippen molar-refractivity contribution < 1.29 is 18.5 Å². The first-order valence-electron chi connectivity index (χ1n) is 24.8. The summed E-state index contributed by atoms with van der Waals surface area (Å²) in [5.74, 6) is 3.62. The summed E-state index contributed by atoms with van der Waals surface area (Å²) in [6.07, 6.45) is 4.74. The molecule has 0 aliphatic carbocycles. The van der Waals surface area contributed by atoms with Gasteiger partial charge in [0.15, 0.2) is 10.7 Å². The van der Waals surface area contributed by atoms with E-state index in [0.717, 1.165) is 77.0 Å². The molecule has 0 N–H and O–H groups in total. The number of rotatable bonds is 16. The van der Waals surface area contributed by atoms with Crippen LogP contribution in [0, 0.1) is 13.8 Å². The summed E-state index contributed by atoms with van der Waals surface area (Å²) in [7, 11) is 0.0148. The predicted octanol–water partition coefficient (Wildman–Crippen LogP) is 19.0. The van der Waals surface area contributed by atoms with E-state index < -0.39 is 10.7 Å². The minimum Gasteiger partial charge on any atom is -0.479 e. The monoisotopic (exact) mass is 941 g/mol. The third kappa shape index (κ3) is 11.9. The molecule has 0 fully saturated rings. The average Bonchev–Trinajstić information content (AvgIpc) is 3.23. The van der Waals surface area contributed by atoms with E-state index in [-0.39, 0.29) is 39.3 Å². The Morgan fingerprint density at radius 2 is 0.776 bits per heavy atom. The lowest BCUT2D eigenvalue weighted by molar-refractivity contribution is 0.163. The van der Waals surface area contributed by atoms with Crippen LogP contribution in [0.15, 0.2) is 97.1 Å². The molecule has 4 atom stereocenters. The molecule has 6 aromatic carbocycles. The van der Waals surface area contributed by atoms with Gasteiger partial charge in [0.25, 0.3) is 0 Å². The number of ether oxygens (including phenoxy) is 2. The highest BCUT2D eigenvalue weighted by Gasteiger charge is 2.38. The Balaban J connectivity index is 1.63. The predicted molar refractivity (Wildman–Crippen MR) is 294 cm³/mol. The van der Waals surface area contributed by atoms with Gasteiger partial charge in [-0.05, 0) is 114 Å². The van der Waals surface area contributed by atoms with E-state index in [2.05, 4.69) is 222 Å². The first-order valence-corrected chi connectivity index (χ1v) is 26.6. The van der Waals surface area contributed by atoms with Crippen molar-refractivity contribution in [2.75, 3.05) is 0 Å². The Bertz CT molecular complexity index is 2680. The Morgan fingerprint density at radius 3 is 1.13 bits per heavy atom. The number of hydrogen-bond acceptors (Lipinski definition) is 4. The molecule has 6 heteroatoms. The molecule has 360 valence electrons. The minimum atomic E-state index is -0.596. The van der Waals surface area contributed by atoms with Crippen LogP contribution >= 0.6 is 17.6 Å². The van der Waals surface area contributed by atoms with Crippen molar-refractivity contribution in [1.29, 1.82) is 0 Å². The summed E-state index contributed by atoms with van der Waals surface area (Å²) < 4.78 is 29.6. The molecule has 0 saturated heterocycles. The highest BCUT2D eigenvalue weighted by molar-refractivity contribution is 7.34. The quantitative estimate of drug-likeness (QED) is 0.0906. The molecule has 0 radical (unpaired) electrons. The molecule has 4 nitrogen and oxygen atoms in total. The zero-order chi connectivity index (χ0) is 49.3. The van der Waals surface area contributed by atoms with Gasteiger partial charge < -0.3 is 18.5 Å². The zero-order valence-corrected chi connectivity index (χ0v) is 46.4. The van der Waals surface area contributed by atoms with Crippen LogP contribution in [0.1, 0.15) is 176 Å². The Kier molecular flexibility index (Phi) is 15.7. The van der Waals surface area contributed by atoms with E-state index in [1.807, 2.05) is 0 Å². The van der Waals surface area contributed by atoms with Crippen molar-refractivity contribution in [3.63, 3.8) is 0 Å². The molecular weight excluding hydrogens is 859 g/mol. The normalized spacial score (nSPS) is 14.8. The largest absolute Gasteiger partial charge is 0.479 e. The smallest absolute Gasteiger partial charge is 0.158 e. The van der Waals surface area contributed by atoms with Crippen molar-refractivity contribution in [3.05, 3.63) is 130 Å². The van der Waals surface area contributed by atoms with Gasteiger partial charge in [0, 0.05) is 33.0 Å². The first-order chi connectivity index (χ1) is 31.2. The minimum absolute atomic E-state index is 0.00582. The average molecular weight is 941 g/mol. The fourth-order valence-corrected chi connectivity index (χ4v) is 11.6. The Labute approximate surface area is 409 Å². The van der Waals surface area contributed by atoms with Gasteiger partial charge in [-0.1, -0.05) is 195 Å². The fraction of sp³-hybridized carbons (Fsp3) is 0.475. The van der Waals surface area contributed by atoms with E-state index in [9.17, 15) is 0 Å². The van der Waals surface area contributed by atoms with Crippen molar-refractivity contribution in [2.45, 2.75) is 189 Å². The molecule has 0 aromatic heterocycles. The van der Waals surface area contributed by atoms with E-state index in [1.54, 1.807) is 0 Å². The second kappa shape index (κ2) is 20.1. The Hall–Kier alpha value is -4.10. The lowest BCUT2D eigenvalue weighted by Crippen LogP contribution is -2.29. The van der Waals surface area contributed by atoms with E-state index in [1.165, 1.54) is 44.2 Å². The highest BCUT2D eigenvalue weighted by Crippen LogP contribution is 2.57. The fourth-order valence-electron chi connectivity index (χ4n) is 9.61. The molecule has 4 unspecified atom stereocenters. The maximum absolute atomic E-state index is 7.63. The third-order valence-corrected chi connectivity index (χ3v) is 15.4. The van der Waals surface area contributed by atoms with E-state index in [4.69, 9.17) is 18.5 Å². The second-order valence-electron chi connectivity index (χ2n) is 23.5. The summed E-state index contributed by atoms with van der Waals surface area (Å²) in [4.78, 5) is 0. The van der Waals surface area contributed by atoms with Crippen LogP contribution in [0.3, 0.4) is 0 Å². The van der Waals surface area contributed by atoms with Crippen LogP contribution in [0.25, 0.3) is 32.7 Å². The van der Waals surface area contributed by atoms with Gasteiger partial charge in [0.1, 0.15) is 40.6 Å². The van der Waals surface area contributed by atoms with Gasteiger partial charge in [-0.25, -0.2) is 0 Å². The van der Waals surface area contributed by atoms with Crippen molar-refractivity contribution in [3.8, 4) is 34.1 Å². The van der Waals surface area contributed by atoms with Crippen molar-refractivity contribution in [2.24, 2.45) is 0 Å². The molecule has 0 bridgehead atoms. The molecule has 0 amide bonds. The third-order valence-electron chi connectivity index (χ3n) is 13.2. The number of fused-ring (bicyclic) bond motifs is 2. The maximum atomic E-state index is 7.63. The van der Waals surface area contributed by atoms with Crippen LogP contribution < -0.4 is 18.5 Å². The molecule has 0 spiro atoms. The molecule has 67 heavy (non-hydrogen) atoms. The van der Waals surface area contributed by atoms with Gasteiger partial charge in [0.2, 0.25) is 0 Å². The van der Waals surface area contributed by atoms with Crippen molar-refractivity contribution >= 4 is 39.2 Å². The molecule has 6 aromatic rings. The highest BCUT2D eigenvalue weighted by atomic mass is 31.1. The number of unbranched alkanes of at least 4 members (excludes halogenated alkanes) is 1. The van der Waals surface area contributed by atoms with Gasteiger partial charge in [-0.3, -0.25) is 0 Å². The molecular formula is C61H82O4P2. The first kappa shape index (κ1) is 52.3. The second-order valence-corrected chi connectivity index (χ2v) is 26.4. The molecule has 0 aliphatic heterocycles. The summed E-state index contributed by atoms with van der Waals surface area (Å²) in [6, 6.07) is 34.6. The summed E-state index contributed by atoms with van der Waals surface area (Å²) >= 11 is 0. The van der Waals surface area contributed by atoms with Crippen LogP contribution in [0.2, 0.25) is 0 Å².